The fourth-order valence-corrected chi connectivity index (χ4v) is 2.98. The lowest BCUT2D eigenvalue weighted by atomic mass is 10.1. The van der Waals surface area contributed by atoms with E-state index in [0.29, 0.717) is 35.3 Å². The van der Waals surface area contributed by atoms with Gasteiger partial charge in [0.2, 0.25) is 0 Å². The van der Waals surface area contributed by atoms with Crippen molar-refractivity contribution in [2.75, 3.05) is 46.7 Å². The number of carboxylic acid groups (broad SMARTS) is 2. The molecule has 1 aromatic heterocycles. The summed E-state index contributed by atoms with van der Waals surface area (Å²) in [5.74, 6) is -2.44. The molecule has 0 saturated heterocycles. The summed E-state index contributed by atoms with van der Waals surface area (Å²) in [6.45, 7) is 1.25. The summed E-state index contributed by atoms with van der Waals surface area (Å²) in [4.78, 5) is 49.9. The van der Waals surface area contributed by atoms with E-state index in [4.69, 9.17) is 19.7 Å². The number of rotatable bonds is 10. The van der Waals surface area contributed by atoms with Gasteiger partial charge < -0.3 is 29.9 Å². The summed E-state index contributed by atoms with van der Waals surface area (Å²) in [5.41, 5.74) is 0.528. The molecule has 0 fully saturated rings. The highest BCUT2D eigenvalue weighted by molar-refractivity contribution is 7.14. The second-order valence-corrected chi connectivity index (χ2v) is 7.46. The number of benzene rings is 1. The molecule has 0 aliphatic rings. The van der Waals surface area contributed by atoms with Crippen LogP contribution in [0.25, 0.3) is 0 Å². The van der Waals surface area contributed by atoms with Gasteiger partial charge in [0, 0.05) is 30.6 Å². The van der Waals surface area contributed by atoms with Crippen LogP contribution in [0.1, 0.15) is 20.8 Å². The van der Waals surface area contributed by atoms with Crippen molar-refractivity contribution in [3.8, 4) is 11.5 Å². The Hall–Kier alpha value is -3.97. The first-order valence-electron chi connectivity index (χ1n) is 9.63. The zero-order valence-electron chi connectivity index (χ0n) is 19.0. The number of thiazole rings is 1. The Balaban J connectivity index is 0.000000620. The number of aliphatic carboxylic acids is 2. The largest absolute Gasteiger partial charge is 0.496 e. The predicted molar refractivity (Wildman–Crippen MR) is 125 cm³/mol. The van der Waals surface area contributed by atoms with Gasteiger partial charge in [-0.3, -0.25) is 14.9 Å². The zero-order chi connectivity index (χ0) is 25.7. The van der Waals surface area contributed by atoms with Crippen molar-refractivity contribution >= 4 is 40.2 Å². The van der Waals surface area contributed by atoms with Crippen molar-refractivity contribution < 1.29 is 38.9 Å². The van der Waals surface area contributed by atoms with E-state index in [1.807, 2.05) is 19.0 Å². The number of carbonyl (C=O) groups is 4. The average molecular weight is 495 g/mol. The van der Waals surface area contributed by atoms with Gasteiger partial charge in [0.25, 0.3) is 11.8 Å². The molecule has 0 aliphatic heterocycles. The Morgan fingerprint density at radius 3 is 2.06 bits per heavy atom. The maximum atomic E-state index is 12.6. The third kappa shape index (κ3) is 9.67. The molecule has 1 aromatic carbocycles. The Morgan fingerprint density at radius 1 is 1.03 bits per heavy atom. The summed E-state index contributed by atoms with van der Waals surface area (Å²) in [5, 5.41) is 23.0. The zero-order valence-corrected chi connectivity index (χ0v) is 19.8. The Morgan fingerprint density at radius 2 is 1.59 bits per heavy atom. The molecule has 0 bridgehead atoms. The molecule has 0 aliphatic carbocycles. The van der Waals surface area contributed by atoms with Crippen LogP contribution in [-0.2, 0) is 9.59 Å². The Labute approximate surface area is 199 Å². The number of carboxylic acids is 2. The SMILES string of the molecule is COc1cccc(OC)c1C(=O)Nc1nc(C(=O)NCCN(C)C)cs1.O=C(O)/C=C\C(=O)O. The maximum Gasteiger partial charge on any atom is 0.328 e. The fraction of sp³-hybridized carbons (Fsp3) is 0.286. The lowest BCUT2D eigenvalue weighted by Crippen LogP contribution is -2.31. The Kier molecular flexibility index (Phi) is 11.7. The highest BCUT2D eigenvalue weighted by Gasteiger charge is 2.20. The second-order valence-electron chi connectivity index (χ2n) is 6.60. The number of ether oxygens (including phenoxy) is 2. The molecule has 0 radical (unpaired) electrons. The van der Waals surface area contributed by atoms with Gasteiger partial charge in [0.1, 0.15) is 22.8 Å². The van der Waals surface area contributed by atoms with Crippen LogP contribution in [0.2, 0.25) is 0 Å². The van der Waals surface area contributed by atoms with E-state index in [2.05, 4.69) is 15.6 Å². The van der Waals surface area contributed by atoms with E-state index in [0.717, 1.165) is 6.54 Å². The number of likely N-dealkylation sites (N-methyl/N-ethyl adjacent to an activating group) is 1. The number of methoxy groups -OCH3 is 2. The van der Waals surface area contributed by atoms with Crippen molar-refractivity contribution in [1.29, 1.82) is 0 Å². The normalized spacial score (nSPS) is 10.3. The van der Waals surface area contributed by atoms with Crippen molar-refractivity contribution in [3.05, 3.63) is 47.0 Å². The molecule has 0 atom stereocenters. The van der Waals surface area contributed by atoms with Gasteiger partial charge in [-0.25, -0.2) is 14.6 Å². The lowest BCUT2D eigenvalue weighted by Gasteiger charge is -2.11. The summed E-state index contributed by atoms with van der Waals surface area (Å²) in [7, 11) is 6.81. The molecule has 13 heteroatoms. The molecule has 0 unspecified atom stereocenters. The van der Waals surface area contributed by atoms with Crippen molar-refractivity contribution in [1.82, 2.24) is 15.2 Å². The van der Waals surface area contributed by atoms with E-state index in [-0.39, 0.29) is 17.2 Å². The number of amides is 2. The van der Waals surface area contributed by atoms with Gasteiger partial charge in [-0.05, 0) is 26.2 Å². The lowest BCUT2D eigenvalue weighted by molar-refractivity contribution is -0.134. The number of nitrogens with zero attached hydrogens (tertiary/aromatic N) is 2. The molecule has 12 nitrogen and oxygen atoms in total. The van der Waals surface area contributed by atoms with Crippen molar-refractivity contribution in [3.63, 3.8) is 0 Å². The highest BCUT2D eigenvalue weighted by Crippen LogP contribution is 2.29. The first-order valence-corrected chi connectivity index (χ1v) is 10.5. The van der Waals surface area contributed by atoms with Crippen LogP contribution < -0.4 is 20.1 Å². The molecule has 2 aromatic rings. The van der Waals surface area contributed by atoms with Gasteiger partial charge in [-0.1, -0.05) is 6.07 Å². The smallest absolute Gasteiger partial charge is 0.328 e. The minimum atomic E-state index is -1.26. The third-order valence-electron chi connectivity index (χ3n) is 3.83. The topological polar surface area (TPSA) is 167 Å². The molecule has 2 amide bonds. The molecule has 0 spiro atoms. The number of hydrogen-bond acceptors (Lipinski definition) is 9. The molecular weight excluding hydrogens is 468 g/mol. The number of carbonyl (C=O) groups excluding carboxylic acids is 2. The quantitative estimate of drug-likeness (QED) is 0.355. The van der Waals surface area contributed by atoms with E-state index < -0.39 is 17.8 Å². The standard InChI is InChI=1S/C17H22N4O4S.C4H4O4/c1-21(2)9-8-18-15(22)11-10-26-17(19-11)20-16(23)14-12(24-3)6-5-7-13(14)25-4;5-3(6)1-2-4(7)8/h5-7,10H,8-9H2,1-4H3,(H,18,22)(H,19,20,23);1-2H,(H,5,6)(H,7,8)/b;2-1-. The highest BCUT2D eigenvalue weighted by atomic mass is 32.1. The van der Waals surface area contributed by atoms with Crippen molar-refractivity contribution in [2.45, 2.75) is 0 Å². The minimum Gasteiger partial charge on any atom is -0.496 e. The van der Waals surface area contributed by atoms with Crippen LogP contribution in [-0.4, -0.2) is 85.3 Å². The first kappa shape index (κ1) is 28.1. The van der Waals surface area contributed by atoms with Crippen molar-refractivity contribution in [2.24, 2.45) is 0 Å². The van der Waals surface area contributed by atoms with Gasteiger partial charge in [0.15, 0.2) is 5.13 Å². The maximum absolute atomic E-state index is 12.6. The van der Waals surface area contributed by atoms with E-state index in [1.54, 1.807) is 23.6 Å². The van der Waals surface area contributed by atoms with Crippen LogP contribution in [0.15, 0.2) is 35.7 Å². The van der Waals surface area contributed by atoms with Crippen LogP contribution in [0, 0.1) is 0 Å². The third-order valence-corrected chi connectivity index (χ3v) is 4.58. The van der Waals surface area contributed by atoms with E-state index >= 15 is 0 Å². The van der Waals surface area contributed by atoms with Crippen LogP contribution in [0.4, 0.5) is 5.13 Å². The van der Waals surface area contributed by atoms with Crippen LogP contribution in [0.3, 0.4) is 0 Å². The van der Waals surface area contributed by atoms with Crippen LogP contribution >= 0.6 is 11.3 Å². The van der Waals surface area contributed by atoms with Gasteiger partial charge in [0.05, 0.1) is 14.2 Å². The summed E-state index contributed by atoms with van der Waals surface area (Å²) in [6, 6.07) is 5.07. The second kappa shape index (κ2) is 14.2. The van der Waals surface area contributed by atoms with Gasteiger partial charge in [-0.2, -0.15) is 0 Å². The Bertz CT molecular complexity index is 997. The minimum absolute atomic E-state index is 0.260. The fourth-order valence-electron chi connectivity index (χ4n) is 2.30. The molecule has 34 heavy (non-hydrogen) atoms. The molecule has 2 rings (SSSR count). The number of hydrogen-bond donors (Lipinski definition) is 4. The first-order chi connectivity index (χ1) is 16.1. The van der Waals surface area contributed by atoms with Gasteiger partial charge in [-0.15, -0.1) is 11.3 Å². The summed E-state index contributed by atoms with van der Waals surface area (Å²) in [6.07, 6.45) is 1.12. The molecule has 0 saturated carbocycles. The summed E-state index contributed by atoms with van der Waals surface area (Å²) < 4.78 is 10.5. The number of nitrogens with one attached hydrogen (secondary N) is 2. The number of aromatic nitrogens is 1. The van der Waals surface area contributed by atoms with Gasteiger partial charge >= 0.3 is 11.9 Å². The van der Waals surface area contributed by atoms with E-state index in [1.165, 1.54) is 25.6 Å². The van der Waals surface area contributed by atoms with E-state index in [9.17, 15) is 19.2 Å². The molecule has 1 heterocycles. The average Bonchev–Trinajstić information content (AvgIpc) is 3.25. The molecular formula is C21H26N4O8S. The summed E-state index contributed by atoms with van der Waals surface area (Å²) >= 11 is 1.17. The predicted octanol–water partition coefficient (Wildman–Crippen LogP) is 1.42. The van der Waals surface area contributed by atoms with Crippen LogP contribution in [0.5, 0.6) is 11.5 Å². The molecule has 4 N–H and O–H groups in total. The monoisotopic (exact) mass is 494 g/mol. The number of anilines is 1. The molecule has 184 valence electrons.